The summed E-state index contributed by atoms with van der Waals surface area (Å²) >= 11 is -0.245. The first-order valence-electron chi connectivity index (χ1n) is 13.7. The molecule has 0 radical (unpaired) electrons. The van der Waals surface area contributed by atoms with Crippen molar-refractivity contribution in [2.45, 2.75) is 68.5 Å². The highest BCUT2D eigenvalue weighted by molar-refractivity contribution is 7.91. The summed E-state index contributed by atoms with van der Waals surface area (Å²) in [6.45, 7) is 5.73. The minimum Gasteiger partial charge on any atom is -0.486 e. The molecule has 3 atom stereocenters. The van der Waals surface area contributed by atoms with Gasteiger partial charge in [0.1, 0.15) is 17.6 Å². The van der Waals surface area contributed by atoms with Crippen LogP contribution in [0.1, 0.15) is 46.0 Å². The Kier molecular flexibility index (Phi) is 6.93. The van der Waals surface area contributed by atoms with E-state index in [4.69, 9.17) is 13.9 Å². The monoisotopic (exact) mass is 529 g/mol. The van der Waals surface area contributed by atoms with Crippen LogP contribution >= 0.6 is 0 Å². The first-order valence-corrected chi connectivity index (χ1v) is 15.2. The first kappa shape index (κ1) is 25.4. The number of ether oxygens (including phenoxy) is 1. The summed E-state index contributed by atoms with van der Waals surface area (Å²) in [6.07, 6.45) is 14.1. The average molecular weight is 530 g/mol. The molecule has 4 aromatic rings. The fourth-order valence-electron chi connectivity index (χ4n) is 5.74. The maximum Gasteiger partial charge on any atom is 0.190 e. The van der Waals surface area contributed by atoms with Crippen LogP contribution in [0.5, 0.6) is 5.75 Å². The van der Waals surface area contributed by atoms with Crippen molar-refractivity contribution in [2.75, 3.05) is 19.9 Å². The zero-order valence-electron chi connectivity index (χ0n) is 22.8. The second kappa shape index (κ2) is 10.4. The summed E-state index contributed by atoms with van der Waals surface area (Å²) in [5, 5.41) is 4.61. The molecule has 0 amide bonds. The van der Waals surface area contributed by atoms with Crippen molar-refractivity contribution in [1.29, 1.82) is 0 Å². The van der Waals surface area contributed by atoms with Gasteiger partial charge in [-0.3, -0.25) is 4.90 Å². The fourth-order valence-corrected chi connectivity index (χ4v) is 6.50. The molecule has 0 bridgehead atoms. The fraction of sp³-hybridized carbons (Fsp3) is 0.419. The number of hydrogen-bond donors (Lipinski definition) is 0. The van der Waals surface area contributed by atoms with Crippen LogP contribution in [-0.2, 0) is 15.4 Å². The van der Waals surface area contributed by atoms with Gasteiger partial charge in [0, 0.05) is 48.2 Å². The zero-order valence-corrected chi connectivity index (χ0v) is 23.6. The highest BCUT2D eigenvalue weighted by Gasteiger charge is 2.49. The lowest BCUT2D eigenvalue weighted by Crippen LogP contribution is -2.43. The van der Waals surface area contributed by atoms with E-state index in [1.807, 2.05) is 23.1 Å². The Morgan fingerprint density at radius 2 is 1.84 bits per heavy atom. The predicted molar refractivity (Wildman–Crippen MR) is 154 cm³/mol. The molecule has 1 saturated carbocycles. The van der Waals surface area contributed by atoms with E-state index < -0.39 is 0 Å². The Labute approximate surface area is 228 Å². The molecule has 2 aromatic carbocycles. The number of hydrogen-bond acceptors (Lipinski definition) is 5. The van der Waals surface area contributed by atoms with Crippen molar-refractivity contribution < 1.29 is 8.92 Å². The standard InChI is InChI=1S/C31H37N4O2S/c1-5-26-12-9-22(2)34(26)21-31(15-16-31)37-27-13-10-23(11-14-27)25-18-32-30-29(19-33-35(30)20-25)24-7-6-8-28(17-24)38(4)36-3/h6-8,10-11,13-14,17-20,22,26H,5,9,12,15-16,21H2,1-4H3/q+1. The van der Waals surface area contributed by atoms with Gasteiger partial charge in [-0.2, -0.15) is 9.28 Å². The molecule has 1 aliphatic carbocycles. The molecule has 2 aliphatic rings. The smallest absolute Gasteiger partial charge is 0.190 e. The molecule has 3 heterocycles. The van der Waals surface area contributed by atoms with E-state index in [9.17, 15) is 0 Å². The minimum absolute atomic E-state index is 0.0156. The topological polar surface area (TPSA) is 51.9 Å². The van der Waals surface area contributed by atoms with E-state index in [0.29, 0.717) is 12.1 Å². The van der Waals surface area contributed by atoms with Crippen molar-refractivity contribution in [1.82, 2.24) is 19.5 Å². The van der Waals surface area contributed by atoms with Crippen LogP contribution in [0.2, 0.25) is 0 Å². The SMILES string of the molecule is CCC1CCC(C)N1CC1(Oc2ccc(-c3cnc4c(-c5cccc([S+](C)OC)c5)cnn4c3)cc2)CC1. The van der Waals surface area contributed by atoms with Crippen molar-refractivity contribution in [3.05, 3.63) is 67.1 Å². The highest BCUT2D eigenvalue weighted by Crippen LogP contribution is 2.43. The number of aromatic nitrogens is 3. The van der Waals surface area contributed by atoms with Gasteiger partial charge in [0.05, 0.1) is 13.3 Å². The van der Waals surface area contributed by atoms with Crippen LogP contribution < -0.4 is 4.74 Å². The molecule has 1 saturated heterocycles. The van der Waals surface area contributed by atoms with Crippen molar-refractivity contribution >= 4 is 16.8 Å². The third-order valence-corrected chi connectivity index (χ3v) is 9.73. The van der Waals surface area contributed by atoms with E-state index in [-0.39, 0.29) is 16.8 Å². The van der Waals surface area contributed by atoms with Crippen LogP contribution in [0, 0.1) is 0 Å². The molecule has 2 fully saturated rings. The summed E-state index contributed by atoms with van der Waals surface area (Å²) < 4.78 is 14.0. The van der Waals surface area contributed by atoms with Gasteiger partial charge >= 0.3 is 0 Å². The summed E-state index contributed by atoms with van der Waals surface area (Å²) in [5.74, 6) is 0.951. The van der Waals surface area contributed by atoms with E-state index in [1.165, 1.54) is 19.3 Å². The highest BCUT2D eigenvalue weighted by atomic mass is 32.2. The second-order valence-electron chi connectivity index (χ2n) is 10.8. The van der Waals surface area contributed by atoms with E-state index in [1.54, 1.807) is 7.11 Å². The quantitative estimate of drug-likeness (QED) is 0.235. The molecule has 0 spiro atoms. The Morgan fingerprint density at radius 3 is 2.58 bits per heavy atom. The molecule has 6 rings (SSSR count). The predicted octanol–water partition coefficient (Wildman–Crippen LogP) is 6.41. The molecule has 6 nitrogen and oxygen atoms in total. The van der Waals surface area contributed by atoms with Crippen LogP contribution in [0.4, 0.5) is 0 Å². The van der Waals surface area contributed by atoms with Crippen molar-refractivity contribution in [3.63, 3.8) is 0 Å². The van der Waals surface area contributed by atoms with Gasteiger partial charge in [-0.15, -0.1) is 0 Å². The average Bonchev–Trinajstić information content (AvgIpc) is 3.42. The minimum atomic E-state index is -0.245. The maximum absolute atomic E-state index is 6.58. The third kappa shape index (κ3) is 4.95. The maximum atomic E-state index is 6.58. The number of rotatable bonds is 9. The Hall–Kier alpha value is -2.87. The molecule has 1 aliphatic heterocycles. The Morgan fingerprint density at radius 1 is 1.03 bits per heavy atom. The van der Waals surface area contributed by atoms with Gasteiger partial charge in [0.15, 0.2) is 21.7 Å². The van der Waals surface area contributed by atoms with Crippen LogP contribution in [0.15, 0.2) is 72.0 Å². The molecule has 7 heteroatoms. The molecule has 38 heavy (non-hydrogen) atoms. The van der Waals surface area contributed by atoms with Gasteiger partial charge in [-0.1, -0.05) is 31.2 Å². The lowest BCUT2D eigenvalue weighted by atomic mass is 10.1. The number of nitrogens with zero attached hydrogens (tertiary/aromatic N) is 4. The summed E-state index contributed by atoms with van der Waals surface area (Å²) in [5.41, 5.74) is 5.07. The third-order valence-electron chi connectivity index (χ3n) is 8.31. The number of likely N-dealkylation sites (tertiary alicyclic amines) is 1. The van der Waals surface area contributed by atoms with E-state index in [2.05, 4.69) is 78.6 Å². The van der Waals surface area contributed by atoms with Gasteiger partial charge in [0.25, 0.3) is 0 Å². The van der Waals surface area contributed by atoms with Crippen molar-refractivity contribution in [3.8, 4) is 28.0 Å². The van der Waals surface area contributed by atoms with E-state index >= 15 is 0 Å². The lowest BCUT2D eigenvalue weighted by Gasteiger charge is -2.32. The van der Waals surface area contributed by atoms with Gasteiger partial charge < -0.3 is 4.74 Å². The van der Waals surface area contributed by atoms with Gasteiger partial charge in [-0.25, -0.2) is 9.50 Å². The molecular formula is C31H37N4O2S+. The Balaban J connectivity index is 1.18. The van der Waals surface area contributed by atoms with Crippen LogP contribution in [-0.4, -0.2) is 57.1 Å². The molecule has 3 unspecified atom stereocenters. The largest absolute Gasteiger partial charge is 0.486 e. The van der Waals surface area contributed by atoms with Crippen LogP contribution in [0.3, 0.4) is 0 Å². The first-order chi connectivity index (χ1) is 18.5. The summed E-state index contributed by atoms with van der Waals surface area (Å²) in [4.78, 5) is 8.65. The summed E-state index contributed by atoms with van der Waals surface area (Å²) in [6, 6.07) is 18.2. The zero-order chi connectivity index (χ0) is 26.3. The summed E-state index contributed by atoms with van der Waals surface area (Å²) in [7, 11) is 1.74. The van der Waals surface area contributed by atoms with Gasteiger partial charge in [-0.05, 0) is 68.4 Å². The van der Waals surface area contributed by atoms with Crippen molar-refractivity contribution in [2.24, 2.45) is 0 Å². The second-order valence-corrected chi connectivity index (χ2v) is 12.5. The lowest BCUT2D eigenvalue weighted by molar-refractivity contribution is 0.0857. The normalized spacial score (nSPS) is 21.6. The van der Waals surface area contributed by atoms with Crippen LogP contribution in [0.25, 0.3) is 27.9 Å². The molecule has 2 aromatic heterocycles. The molecule has 0 N–H and O–H groups in total. The molecule has 198 valence electrons. The van der Waals surface area contributed by atoms with Gasteiger partial charge in [0.2, 0.25) is 0 Å². The number of benzene rings is 2. The molecular weight excluding hydrogens is 492 g/mol. The Bertz CT molecular complexity index is 1420. The number of fused-ring (bicyclic) bond motifs is 1. The van der Waals surface area contributed by atoms with E-state index in [0.717, 1.165) is 57.9 Å².